The molecule has 1 rings (SSSR count). The molecule has 0 radical (unpaired) electrons. The highest BCUT2D eigenvalue weighted by Gasteiger charge is 2.15. The Balaban J connectivity index is 2.57. The highest BCUT2D eigenvalue weighted by Crippen LogP contribution is 2.26. The number of phenols is 1. The molecule has 0 spiro atoms. The number of hydrogen-bond donors (Lipinski definition) is 2. The average molecular weight is 266 g/mol. The van der Waals surface area contributed by atoms with Gasteiger partial charge in [-0.1, -0.05) is 6.07 Å². The van der Waals surface area contributed by atoms with Crippen molar-refractivity contribution in [1.29, 1.82) is 0 Å². The standard InChI is InChI=1S/C14H22N2O3/c1-5-16(3)14(18)10(2)15-9-11-6-7-13(19-4)12(17)8-11/h6-8,10,15,17H,5,9H2,1-4H3. The van der Waals surface area contributed by atoms with E-state index in [1.807, 2.05) is 19.9 Å². The summed E-state index contributed by atoms with van der Waals surface area (Å²) in [5.74, 6) is 0.602. The van der Waals surface area contributed by atoms with Crippen molar-refractivity contribution in [3.8, 4) is 11.5 Å². The molecule has 0 aromatic heterocycles. The van der Waals surface area contributed by atoms with Gasteiger partial charge in [0, 0.05) is 20.1 Å². The number of ether oxygens (including phenoxy) is 1. The van der Waals surface area contributed by atoms with Crippen molar-refractivity contribution in [3.63, 3.8) is 0 Å². The quantitative estimate of drug-likeness (QED) is 0.816. The number of phenolic OH excluding ortho intramolecular Hbond substituents is 1. The van der Waals surface area contributed by atoms with Gasteiger partial charge in [-0.25, -0.2) is 0 Å². The van der Waals surface area contributed by atoms with Gasteiger partial charge in [0.05, 0.1) is 13.2 Å². The van der Waals surface area contributed by atoms with Gasteiger partial charge in [-0.05, 0) is 31.5 Å². The van der Waals surface area contributed by atoms with Crippen LogP contribution >= 0.6 is 0 Å². The number of hydrogen-bond acceptors (Lipinski definition) is 4. The molecule has 0 aliphatic rings. The molecule has 5 heteroatoms. The summed E-state index contributed by atoms with van der Waals surface area (Å²) < 4.78 is 4.98. The number of carbonyl (C=O) groups excluding carboxylic acids is 1. The van der Waals surface area contributed by atoms with Crippen LogP contribution in [0.5, 0.6) is 11.5 Å². The van der Waals surface area contributed by atoms with Crippen LogP contribution in [-0.2, 0) is 11.3 Å². The monoisotopic (exact) mass is 266 g/mol. The van der Waals surface area contributed by atoms with Crippen molar-refractivity contribution in [1.82, 2.24) is 10.2 Å². The number of benzene rings is 1. The lowest BCUT2D eigenvalue weighted by Crippen LogP contribution is -2.42. The van der Waals surface area contributed by atoms with Crippen LogP contribution in [0.15, 0.2) is 18.2 Å². The van der Waals surface area contributed by atoms with Gasteiger partial charge in [0.2, 0.25) is 5.91 Å². The summed E-state index contributed by atoms with van der Waals surface area (Å²) in [6, 6.07) is 4.93. The van der Waals surface area contributed by atoms with Crippen LogP contribution in [0.1, 0.15) is 19.4 Å². The zero-order valence-electron chi connectivity index (χ0n) is 11.9. The van der Waals surface area contributed by atoms with Crippen LogP contribution in [0.25, 0.3) is 0 Å². The molecular formula is C14H22N2O3. The minimum absolute atomic E-state index is 0.0558. The summed E-state index contributed by atoms with van der Waals surface area (Å²) in [5, 5.41) is 12.8. The molecule has 0 heterocycles. The maximum absolute atomic E-state index is 11.9. The molecule has 19 heavy (non-hydrogen) atoms. The number of nitrogens with zero attached hydrogens (tertiary/aromatic N) is 1. The minimum atomic E-state index is -0.255. The van der Waals surface area contributed by atoms with Gasteiger partial charge >= 0.3 is 0 Å². The summed E-state index contributed by atoms with van der Waals surface area (Å²) in [6.45, 7) is 4.97. The van der Waals surface area contributed by atoms with Crippen molar-refractivity contribution < 1.29 is 14.6 Å². The Labute approximate surface area is 114 Å². The first-order valence-corrected chi connectivity index (χ1v) is 6.33. The van der Waals surface area contributed by atoms with E-state index in [1.165, 1.54) is 7.11 Å². The molecule has 1 amide bonds. The van der Waals surface area contributed by atoms with E-state index in [4.69, 9.17) is 4.74 Å². The lowest BCUT2D eigenvalue weighted by molar-refractivity contribution is -0.131. The van der Waals surface area contributed by atoms with E-state index < -0.39 is 0 Å². The molecule has 1 aromatic rings. The van der Waals surface area contributed by atoms with Gasteiger partial charge in [0.25, 0.3) is 0 Å². The fourth-order valence-electron chi connectivity index (χ4n) is 1.69. The Kier molecular flexibility index (Phi) is 5.63. The van der Waals surface area contributed by atoms with Gasteiger partial charge in [0.1, 0.15) is 0 Å². The summed E-state index contributed by atoms with van der Waals surface area (Å²) in [4.78, 5) is 13.5. The van der Waals surface area contributed by atoms with Gasteiger partial charge in [0.15, 0.2) is 11.5 Å². The first-order chi connectivity index (χ1) is 8.99. The third kappa shape index (κ3) is 4.13. The van der Waals surface area contributed by atoms with E-state index in [1.54, 1.807) is 24.1 Å². The second-order valence-corrected chi connectivity index (χ2v) is 4.46. The number of carbonyl (C=O) groups is 1. The molecule has 0 aliphatic carbocycles. The van der Waals surface area contributed by atoms with Crippen LogP contribution in [0.2, 0.25) is 0 Å². The Morgan fingerprint density at radius 1 is 1.53 bits per heavy atom. The zero-order chi connectivity index (χ0) is 14.4. The second-order valence-electron chi connectivity index (χ2n) is 4.46. The van der Waals surface area contributed by atoms with E-state index in [0.717, 1.165) is 5.56 Å². The largest absolute Gasteiger partial charge is 0.504 e. The first kappa shape index (κ1) is 15.3. The molecule has 0 saturated carbocycles. The van der Waals surface area contributed by atoms with Crippen molar-refractivity contribution in [3.05, 3.63) is 23.8 Å². The number of nitrogens with one attached hydrogen (secondary N) is 1. The van der Waals surface area contributed by atoms with Crippen LogP contribution < -0.4 is 10.1 Å². The highest BCUT2D eigenvalue weighted by molar-refractivity contribution is 5.81. The van der Waals surface area contributed by atoms with Crippen molar-refractivity contribution in [2.24, 2.45) is 0 Å². The number of amides is 1. The molecular weight excluding hydrogens is 244 g/mol. The Morgan fingerprint density at radius 3 is 2.74 bits per heavy atom. The Hall–Kier alpha value is -1.75. The smallest absolute Gasteiger partial charge is 0.239 e. The fourth-order valence-corrected chi connectivity index (χ4v) is 1.69. The molecule has 0 bridgehead atoms. The lowest BCUT2D eigenvalue weighted by atomic mass is 10.2. The Bertz CT molecular complexity index is 435. The normalized spacial score (nSPS) is 12.0. The summed E-state index contributed by atoms with van der Waals surface area (Å²) in [5.41, 5.74) is 0.900. The van der Waals surface area contributed by atoms with E-state index in [2.05, 4.69) is 5.32 Å². The molecule has 2 N–H and O–H groups in total. The predicted molar refractivity (Wildman–Crippen MR) is 74.3 cm³/mol. The molecule has 1 unspecified atom stereocenters. The highest BCUT2D eigenvalue weighted by atomic mass is 16.5. The van der Waals surface area contributed by atoms with Gasteiger partial charge < -0.3 is 20.1 Å². The second kappa shape index (κ2) is 6.99. The number of methoxy groups -OCH3 is 1. The first-order valence-electron chi connectivity index (χ1n) is 6.33. The molecule has 0 saturated heterocycles. The third-order valence-electron chi connectivity index (χ3n) is 3.08. The number of rotatable bonds is 6. The molecule has 0 fully saturated rings. The zero-order valence-corrected chi connectivity index (χ0v) is 11.9. The topological polar surface area (TPSA) is 61.8 Å². The van der Waals surface area contributed by atoms with Crippen molar-refractivity contribution in [2.45, 2.75) is 26.4 Å². The molecule has 5 nitrogen and oxygen atoms in total. The van der Waals surface area contributed by atoms with E-state index in [-0.39, 0.29) is 17.7 Å². The van der Waals surface area contributed by atoms with Crippen LogP contribution in [0.4, 0.5) is 0 Å². The molecule has 1 aromatic carbocycles. The molecule has 1 atom stereocenters. The van der Waals surface area contributed by atoms with Gasteiger partial charge in [-0.15, -0.1) is 0 Å². The van der Waals surface area contributed by atoms with Crippen LogP contribution in [0, 0.1) is 0 Å². The van der Waals surface area contributed by atoms with Crippen molar-refractivity contribution in [2.75, 3.05) is 20.7 Å². The lowest BCUT2D eigenvalue weighted by Gasteiger charge is -2.20. The summed E-state index contributed by atoms with van der Waals surface area (Å²) in [6.07, 6.45) is 0. The average Bonchev–Trinajstić information content (AvgIpc) is 2.43. The minimum Gasteiger partial charge on any atom is -0.504 e. The number of aromatic hydroxyl groups is 1. The SMILES string of the molecule is CCN(C)C(=O)C(C)NCc1ccc(OC)c(O)c1. The van der Waals surface area contributed by atoms with Crippen molar-refractivity contribution >= 4 is 5.91 Å². The summed E-state index contributed by atoms with van der Waals surface area (Å²) >= 11 is 0. The van der Waals surface area contributed by atoms with Crippen LogP contribution in [-0.4, -0.2) is 42.7 Å². The predicted octanol–water partition coefficient (Wildman–Crippen LogP) is 1.36. The maximum atomic E-state index is 11.9. The maximum Gasteiger partial charge on any atom is 0.239 e. The molecule has 106 valence electrons. The van der Waals surface area contributed by atoms with Gasteiger partial charge in [-0.2, -0.15) is 0 Å². The van der Waals surface area contributed by atoms with E-state index in [0.29, 0.717) is 18.8 Å². The molecule has 0 aliphatic heterocycles. The fraction of sp³-hybridized carbons (Fsp3) is 0.500. The van der Waals surface area contributed by atoms with E-state index >= 15 is 0 Å². The third-order valence-corrected chi connectivity index (χ3v) is 3.08. The summed E-state index contributed by atoms with van der Waals surface area (Å²) in [7, 11) is 3.29. The van der Waals surface area contributed by atoms with Gasteiger partial charge in [-0.3, -0.25) is 4.79 Å². The van der Waals surface area contributed by atoms with E-state index in [9.17, 15) is 9.90 Å². The number of likely N-dealkylation sites (N-methyl/N-ethyl adjacent to an activating group) is 1. The van der Waals surface area contributed by atoms with Crippen LogP contribution in [0.3, 0.4) is 0 Å². The Morgan fingerprint density at radius 2 is 2.21 bits per heavy atom.